The van der Waals surface area contributed by atoms with Gasteiger partial charge in [0.15, 0.2) is 0 Å². The third-order valence-electron chi connectivity index (χ3n) is 3.32. The minimum Gasteiger partial charge on any atom is -0.370 e. The zero-order valence-electron chi connectivity index (χ0n) is 11.3. The van der Waals surface area contributed by atoms with Gasteiger partial charge in [0.2, 0.25) is 0 Å². The Labute approximate surface area is 112 Å². The Morgan fingerprint density at radius 2 is 2.37 bits per heavy atom. The fraction of sp³-hybridized carbons (Fsp3) is 0.538. The maximum atomic E-state index is 5.04. The molecule has 0 fully saturated rings. The molecule has 0 saturated heterocycles. The average molecular weight is 261 g/mol. The number of nitrogens with one attached hydrogen (secondary N) is 2. The van der Waals surface area contributed by atoms with Crippen LogP contribution >= 0.6 is 0 Å². The van der Waals surface area contributed by atoms with Crippen LogP contribution in [-0.4, -0.2) is 28.0 Å². The number of anilines is 1. The molecule has 6 nitrogen and oxygen atoms in total. The van der Waals surface area contributed by atoms with Crippen LogP contribution in [0.2, 0.25) is 0 Å². The van der Waals surface area contributed by atoms with Crippen LogP contribution in [0, 0.1) is 19.8 Å². The van der Waals surface area contributed by atoms with Crippen molar-refractivity contribution in [2.24, 2.45) is 5.92 Å². The predicted molar refractivity (Wildman–Crippen MR) is 71.9 cm³/mol. The third kappa shape index (κ3) is 2.78. The molecule has 0 unspecified atom stereocenters. The molecule has 102 valence electrons. The highest BCUT2D eigenvalue weighted by Crippen LogP contribution is 2.17. The van der Waals surface area contributed by atoms with Gasteiger partial charge in [-0.15, -0.1) is 0 Å². The standard InChI is InChI=1S/C13H19N5O/c1-9-3-13-15-6-11(8-18(13)16-9)5-14-7-12-4-10(2)19-17-12/h3-4,11,14-15H,5-8H2,1-2H3/t11-/m0/s1. The van der Waals surface area contributed by atoms with Crippen LogP contribution in [0.15, 0.2) is 16.7 Å². The number of rotatable bonds is 4. The van der Waals surface area contributed by atoms with Crippen molar-refractivity contribution in [2.75, 3.05) is 18.4 Å². The molecule has 0 aliphatic carbocycles. The van der Waals surface area contributed by atoms with Crippen LogP contribution in [0.4, 0.5) is 5.82 Å². The van der Waals surface area contributed by atoms with Gasteiger partial charge in [-0.25, -0.2) is 4.68 Å². The minimum atomic E-state index is 0.541. The summed E-state index contributed by atoms with van der Waals surface area (Å²) in [7, 11) is 0. The first-order valence-electron chi connectivity index (χ1n) is 6.62. The second kappa shape index (κ2) is 5.05. The van der Waals surface area contributed by atoms with E-state index in [-0.39, 0.29) is 0 Å². The summed E-state index contributed by atoms with van der Waals surface area (Å²) in [5.74, 6) is 2.52. The SMILES string of the molecule is Cc1cc2n(n1)C[C@@H](CNCc1cc(C)on1)CN2. The van der Waals surface area contributed by atoms with Crippen LogP contribution in [-0.2, 0) is 13.1 Å². The molecule has 3 rings (SSSR count). The normalized spacial score (nSPS) is 18.1. The fourth-order valence-corrected chi connectivity index (χ4v) is 2.43. The van der Waals surface area contributed by atoms with Crippen molar-refractivity contribution in [1.29, 1.82) is 0 Å². The molecule has 0 bridgehead atoms. The van der Waals surface area contributed by atoms with Crippen molar-refractivity contribution in [2.45, 2.75) is 26.9 Å². The highest BCUT2D eigenvalue weighted by Gasteiger charge is 2.18. The molecule has 2 aromatic heterocycles. The van der Waals surface area contributed by atoms with Crippen LogP contribution in [0.1, 0.15) is 17.1 Å². The smallest absolute Gasteiger partial charge is 0.133 e. The largest absolute Gasteiger partial charge is 0.370 e. The van der Waals surface area contributed by atoms with E-state index >= 15 is 0 Å². The average Bonchev–Trinajstić information content (AvgIpc) is 2.94. The van der Waals surface area contributed by atoms with E-state index in [4.69, 9.17) is 4.52 Å². The first-order valence-corrected chi connectivity index (χ1v) is 6.62. The number of hydrogen-bond acceptors (Lipinski definition) is 5. The van der Waals surface area contributed by atoms with Gasteiger partial charge in [0.25, 0.3) is 0 Å². The van der Waals surface area contributed by atoms with Gasteiger partial charge in [-0.3, -0.25) is 0 Å². The Morgan fingerprint density at radius 3 is 3.16 bits per heavy atom. The lowest BCUT2D eigenvalue weighted by Gasteiger charge is -2.24. The number of fused-ring (bicyclic) bond motifs is 1. The Balaban J connectivity index is 1.49. The molecule has 0 saturated carbocycles. The second-order valence-corrected chi connectivity index (χ2v) is 5.16. The molecule has 19 heavy (non-hydrogen) atoms. The van der Waals surface area contributed by atoms with Gasteiger partial charge < -0.3 is 15.2 Å². The summed E-state index contributed by atoms with van der Waals surface area (Å²) >= 11 is 0. The molecule has 6 heteroatoms. The number of aromatic nitrogens is 3. The van der Waals surface area contributed by atoms with Gasteiger partial charge in [0, 0.05) is 44.2 Å². The highest BCUT2D eigenvalue weighted by atomic mass is 16.5. The molecule has 0 aromatic carbocycles. The van der Waals surface area contributed by atoms with Crippen LogP contribution in [0.3, 0.4) is 0 Å². The summed E-state index contributed by atoms with van der Waals surface area (Å²) < 4.78 is 7.09. The zero-order valence-corrected chi connectivity index (χ0v) is 11.3. The maximum absolute atomic E-state index is 5.04. The van der Waals surface area contributed by atoms with Crippen molar-refractivity contribution in [3.8, 4) is 0 Å². The van der Waals surface area contributed by atoms with Crippen molar-refractivity contribution < 1.29 is 4.52 Å². The lowest BCUT2D eigenvalue weighted by molar-refractivity contribution is 0.374. The van der Waals surface area contributed by atoms with Gasteiger partial charge in [-0.2, -0.15) is 5.10 Å². The summed E-state index contributed by atoms with van der Waals surface area (Å²) in [5.41, 5.74) is 2.02. The van der Waals surface area contributed by atoms with Crippen molar-refractivity contribution in [3.63, 3.8) is 0 Å². The molecular weight excluding hydrogens is 242 g/mol. The van der Waals surface area contributed by atoms with Gasteiger partial charge in [0.1, 0.15) is 11.6 Å². The van der Waals surface area contributed by atoms with E-state index in [1.54, 1.807) is 0 Å². The second-order valence-electron chi connectivity index (χ2n) is 5.16. The zero-order chi connectivity index (χ0) is 13.2. The van der Waals surface area contributed by atoms with Crippen molar-refractivity contribution in [1.82, 2.24) is 20.3 Å². The molecule has 1 atom stereocenters. The quantitative estimate of drug-likeness (QED) is 0.868. The summed E-state index contributed by atoms with van der Waals surface area (Å²) in [5, 5.41) is 15.3. The van der Waals surface area contributed by atoms with E-state index in [1.165, 1.54) is 0 Å². The van der Waals surface area contributed by atoms with E-state index in [9.17, 15) is 0 Å². The van der Waals surface area contributed by atoms with Crippen LogP contribution < -0.4 is 10.6 Å². The monoisotopic (exact) mass is 261 g/mol. The van der Waals surface area contributed by atoms with Gasteiger partial charge >= 0.3 is 0 Å². The van der Waals surface area contributed by atoms with Crippen LogP contribution in [0.5, 0.6) is 0 Å². The van der Waals surface area contributed by atoms with Gasteiger partial charge in [-0.05, 0) is 13.8 Å². The molecule has 0 amide bonds. The van der Waals surface area contributed by atoms with Crippen LogP contribution in [0.25, 0.3) is 0 Å². The number of hydrogen-bond donors (Lipinski definition) is 2. The first kappa shape index (κ1) is 12.2. The Bertz CT molecular complexity index is 559. The summed E-state index contributed by atoms with van der Waals surface area (Å²) in [4.78, 5) is 0. The number of aryl methyl sites for hydroxylation is 2. The maximum Gasteiger partial charge on any atom is 0.133 e. The highest BCUT2D eigenvalue weighted by molar-refractivity contribution is 5.38. The van der Waals surface area contributed by atoms with Crippen molar-refractivity contribution >= 4 is 5.82 Å². The lowest BCUT2D eigenvalue weighted by Crippen LogP contribution is -2.35. The fourth-order valence-electron chi connectivity index (χ4n) is 2.43. The molecule has 2 N–H and O–H groups in total. The molecule has 2 aromatic rings. The molecule has 1 aliphatic heterocycles. The third-order valence-corrected chi connectivity index (χ3v) is 3.32. The van der Waals surface area contributed by atoms with E-state index in [1.807, 2.05) is 24.6 Å². The van der Waals surface area contributed by atoms with Gasteiger partial charge in [-0.1, -0.05) is 5.16 Å². The van der Waals surface area contributed by atoms with E-state index < -0.39 is 0 Å². The van der Waals surface area contributed by atoms with E-state index in [0.29, 0.717) is 5.92 Å². The minimum absolute atomic E-state index is 0.541. The molecular formula is C13H19N5O. The predicted octanol–water partition coefficient (Wildman–Crippen LogP) is 1.32. The summed E-state index contributed by atoms with van der Waals surface area (Å²) in [6, 6.07) is 4.04. The topological polar surface area (TPSA) is 67.9 Å². The summed E-state index contributed by atoms with van der Waals surface area (Å²) in [6.45, 7) is 7.56. The van der Waals surface area contributed by atoms with E-state index in [0.717, 1.165) is 49.1 Å². The Hall–Kier alpha value is -1.82. The van der Waals surface area contributed by atoms with E-state index in [2.05, 4.69) is 27.0 Å². The molecule has 1 aliphatic rings. The lowest BCUT2D eigenvalue weighted by atomic mass is 10.1. The van der Waals surface area contributed by atoms with Crippen molar-refractivity contribution in [3.05, 3.63) is 29.3 Å². The first-order chi connectivity index (χ1) is 9.20. The molecule has 0 spiro atoms. The molecule has 3 heterocycles. The number of nitrogens with zero attached hydrogens (tertiary/aromatic N) is 3. The molecule has 0 radical (unpaired) electrons. The van der Waals surface area contributed by atoms with Gasteiger partial charge in [0.05, 0.1) is 11.4 Å². The Morgan fingerprint density at radius 1 is 1.47 bits per heavy atom. The Kier molecular flexibility index (Phi) is 3.25. The summed E-state index contributed by atoms with van der Waals surface area (Å²) in [6.07, 6.45) is 0.